The molecule has 1 N–H and O–H groups in total. The highest BCUT2D eigenvalue weighted by atomic mass is 19.3. The van der Waals surface area contributed by atoms with Crippen LogP contribution >= 0.6 is 0 Å². The molecule has 3 atom stereocenters. The number of nitrogens with one attached hydrogen (secondary N) is 1. The second-order valence-corrected chi connectivity index (χ2v) is 7.25. The average Bonchev–Trinajstić information content (AvgIpc) is 2.99. The molecule has 0 aromatic heterocycles. The van der Waals surface area contributed by atoms with Gasteiger partial charge < -0.3 is 15.0 Å². The third kappa shape index (κ3) is 3.24. The van der Waals surface area contributed by atoms with E-state index in [0.717, 1.165) is 12.0 Å². The van der Waals surface area contributed by atoms with Gasteiger partial charge in [0.05, 0.1) is 12.6 Å². The number of fused-ring (bicyclic) bond motifs is 1. The number of halogens is 2. The molecule has 1 aliphatic carbocycles. The Bertz CT molecular complexity index is 580. The van der Waals surface area contributed by atoms with E-state index in [1.807, 2.05) is 30.3 Å². The molecular formula is C18H24F2N2O2. The Hall–Kier alpha value is -1.69. The van der Waals surface area contributed by atoms with Crippen molar-refractivity contribution in [3.05, 3.63) is 35.9 Å². The molecule has 6 heteroatoms. The maximum absolute atomic E-state index is 12.9. The predicted molar refractivity (Wildman–Crippen MR) is 86.8 cm³/mol. The highest BCUT2D eigenvalue weighted by Crippen LogP contribution is 2.52. The lowest BCUT2D eigenvalue weighted by Crippen LogP contribution is -2.68. The first-order chi connectivity index (χ1) is 11.4. The van der Waals surface area contributed by atoms with E-state index in [1.165, 1.54) is 4.90 Å². The van der Waals surface area contributed by atoms with Gasteiger partial charge >= 0.3 is 6.03 Å². The molecule has 4 nitrogen and oxygen atoms in total. The van der Waals surface area contributed by atoms with Gasteiger partial charge in [-0.25, -0.2) is 13.6 Å². The molecule has 24 heavy (non-hydrogen) atoms. The van der Waals surface area contributed by atoms with Crippen LogP contribution in [0.5, 0.6) is 0 Å². The normalized spacial score (nSPS) is 27.5. The summed E-state index contributed by atoms with van der Waals surface area (Å²) in [5.74, 6) is 0.286. The lowest BCUT2D eigenvalue weighted by Gasteiger charge is -2.54. The van der Waals surface area contributed by atoms with Gasteiger partial charge in [-0.2, -0.15) is 0 Å². The van der Waals surface area contributed by atoms with Gasteiger partial charge in [-0.1, -0.05) is 44.2 Å². The molecule has 132 valence electrons. The fourth-order valence-electron chi connectivity index (χ4n) is 4.03. The van der Waals surface area contributed by atoms with Crippen LogP contribution in [-0.2, 0) is 11.3 Å². The molecule has 3 rings (SSSR count). The molecule has 0 radical (unpaired) electrons. The minimum absolute atomic E-state index is 0.0338. The first-order valence-corrected chi connectivity index (χ1v) is 8.38. The standard InChI is InChI=1S/C18H24F2N2O2/c1-18(2)15(13-8-9-24-16(13)18)21-17(23)22(11-14(19)20)10-12-6-4-3-5-7-12/h3-7,13-16H,8-11H2,1-2H3,(H,21,23)/t13-,15+,16+/m0/s1. The van der Waals surface area contributed by atoms with Gasteiger partial charge in [0.25, 0.3) is 6.43 Å². The van der Waals surface area contributed by atoms with E-state index in [9.17, 15) is 13.6 Å². The molecule has 1 heterocycles. The van der Waals surface area contributed by atoms with Crippen molar-refractivity contribution < 1.29 is 18.3 Å². The molecule has 2 fully saturated rings. The molecular weight excluding hydrogens is 314 g/mol. The number of amides is 2. The van der Waals surface area contributed by atoms with E-state index in [4.69, 9.17) is 4.74 Å². The maximum Gasteiger partial charge on any atom is 0.318 e. The van der Waals surface area contributed by atoms with Crippen LogP contribution in [-0.4, -0.2) is 42.7 Å². The topological polar surface area (TPSA) is 41.6 Å². The number of rotatable bonds is 5. The van der Waals surface area contributed by atoms with Gasteiger partial charge in [0.1, 0.15) is 0 Å². The monoisotopic (exact) mass is 338 g/mol. The van der Waals surface area contributed by atoms with Crippen LogP contribution in [0.1, 0.15) is 25.8 Å². The smallest absolute Gasteiger partial charge is 0.318 e. The minimum atomic E-state index is -2.56. The maximum atomic E-state index is 12.9. The number of nitrogens with zero attached hydrogens (tertiary/aromatic N) is 1. The van der Waals surface area contributed by atoms with Crippen molar-refractivity contribution in [1.29, 1.82) is 0 Å². The second-order valence-electron chi connectivity index (χ2n) is 7.25. The van der Waals surface area contributed by atoms with Crippen LogP contribution in [0.3, 0.4) is 0 Å². The van der Waals surface area contributed by atoms with Crippen molar-refractivity contribution in [2.75, 3.05) is 13.2 Å². The zero-order chi connectivity index (χ0) is 17.3. The average molecular weight is 338 g/mol. The van der Waals surface area contributed by atoms with Crippen LogP contribution in [0.2, 0.25) is 0 Å². The molecule has 0 unspecified atom stereocenters. The van der Waals surface area contributed by atoms with Crippen LogP contribution < -0.4 is 5.32 Å². The largest absolute Gasteiger partial charge is 0.377 e. The van der Waals surface area contributed by atoms with Crippen LogP contribution in [0, 0.1) is 11.3 Å². The number of carbonyl (C=O) groups is 1. The van der Waals surface area contributed by atoms with Gasteiger partial charge in [0, 0.05) is 30.5 Å². The first kappa shape index (κ1) is 17.1. The van der Waals surface area contributed by atoms with E-state index in [-0.39, 0.29) is 30.0 Å². The SMILES string of the molecule is CC1(C)[C@H](NC(=O)N(Cc2ccccc2)CC(F)F)[C@@H]2CCO[C@H]21. The number of hydrogen-bond acceptors (Lipinski definition) is 2. The third-order valence-electron chi connectivity index (χ3n) is 5.24. The second kappa shape index (κ2) is 6.67. The summed E-state index contributed by atoms with van der Waals surface area (Å²) in [7, 11) is 0. The molecule has 1 saturated carbocycles. The summed E-state index contributed by atoms with van der Waals surface area (Å²) >= 11 is 0. The Balaban J connectivity index is 1.67. The molecule has 1 aromatic carbocycles. The molecule has 2 aliphatic rings. The number of urea groups is 1. The van der Waals surface area contributed by atoms with Crippen molar-refractivity contribution in [3.63, 3.8) is 0 Å². The summed E-state index contributed by atoms with van der Waals surface area (Å²) in [4.78, 5) is 13.8. The van der Waals surface area contributed by atoms with Gasteiger partial charge in [0.2, 0.25) is 0 Å². The Kier molecular flexibility index (Phi) is 4.76. The Labute approximate surface area is 141 Å². The number of carbonyl (C=O) groups excluding carboxylic acids is 1. The summed E-state index contributed by atoms with van der Waals surface area (Å²) in [6.07, 6.45) is -1.50. The van der Waals surface area contributed by atoms with Crippen molar-refractivity contribution in [3.8, 4) is 0 Å². The van der Waals surface area contributed by atoms with Crippen molar-refractivity contribution in [2.24, 2.45) is 11.3 Å². The van der Waals surface area contributed by atoms with Crippen LogP contribution in [0.25, 0.3) is 0 Å². The molecule has 1 aliphatic heterocycles. The molecule has 1 saturated heterocycles. The number of alkyl halides is 2. The first-order valence-electron chi connectivity index (χ1n) is 8.38. The van der Waals surface area contributed by atoms with Gasteiger partial charge in [-0.15, -0.1) is 0 Å². The highest BCUT2D eigenvalue weighted by Gasteiger charge is 2.60. The van der Waals surface area contributed by atoms with Crippen molar-refractivity contribution >= 4 is 6.03 Å². The summed E-state index contributed by atoms with van der Waals surface area (Å²) < 4.78 is 31.5. The van der Waals surface area contributed by atoms with Gasteiger partial charge in [0.15, 0.2) is 0 Å². The fraction of sp³-hybridized carbons (Fsp3) is 0.611. The quantitative estimate of drug-likeness (QED) is 0.895. The highest BCUT2D eigenvalue weighted by molar-refractivity contribution is 5.75. The third-order valence-corrected chi connectivity index (χ3v) is 5.24. The van der Waals surface area contributed by atoms with Crippen LogP contribution in [0.4, 0.5) is 13.6 Å². The predicted octanol–water partition coefficient (Wildman–Crippen LogP) is 3.28. The minimum Gasteiger partial charge on any atom is -0.377 e. The summed E-state index contributed by atoms with van der Waals surface area (Å²) in [5, 5.41) is 2.98. The molecule has 0 spiro atoms. The molecule has 0 bridgehead atoms. The Morgan fingerprint density at radius 2 is 2.08 bits per heavy atom. The van der Waals surface area contributed by atoms with E-state index in [1.54, 1.807) is 0 Å². The van der Waals surface area contributed by atoms with Gasteiger partial charge in [-0.05, 0) is 12.0 Å². The summed E-state index contributed by atoms with van der Waals surface area (Å²) in [6, 6.07) is 8.74. The number of hydrogen-bond donors (Lipinski definition) is 1. The summed E-state index contributed by atoms with van der Waals surface area (Å²) in [5.41, 5.74) is 0.670. The summed E-state index contributed by atoms with van der Waals surface area (Å²) in [6.45, 7) is 4.42. The zero-order valence-corrected chi connectivity index (χ0v) is 14.0. The van der Waals surface area contributed by atoms with Crippen molar-refractivity contribution in [2.45, 2.75) is 45.4 Å². The fourth-order valence-corrected chi connectivity index (χ4v) is 4.03. The van der Waals surface area contributed by atoms with Crippen LogP contribution in [0.15, 0.2) is 30.3 Å². The van der Waals surface area contributed by atoms with Crippen molar-refractivity contribution in [1.82, 2.24) is 10.2 Å². The Morgan fingerprint density at radius 3 is 2.75 bits per heavy atom. The number of ether oxygens (including phenoxy) is 1. The van der Waals surface area contributed by atoms with E-state index >= 15 is 0 Å². The van der Waals surface area contributed by atoms with E-state index in [2.05, 4.69) is 19.2 Å². The number of benzene rings is 1. The van der Waals surface area contributed by atoms with Gasteiger partial charge in [-0.3, -0.25) is 0 Å². The zero-order valence-electron chi connectivity index (χ0n) is 14.0. The Morgan fingerprint density at radius 1 is 1.38 bits per heavy atom. The van der Waals surface area contributed by atoms with E-state index in [0.29, 0.717) is 6.61 Å². The lowest BCUT2D eigenvalue weighted by molar-refractivity contribution is -0.109. The molecule has 2 amide bonds. The lowest BCUT2D eigenvalue weighted by atomic mass is 9.57. The molecule has 1 aromatic rings. The van der Waals surface area contributed by atoms with E-state index < -0.39 is 19.0 Å².